The second kappa shape index (κ2) is 5.46. The van der Waals surface area contributed by atoms with Crippen LogP contribution in [0.5, 0.6) is 0 Å². The van der Waals surface area contributed by atoms with Gasteiger partial charge in [0.25, 0.3) is 0 Å². The van der Waals surface area contributed by atoms with E-state index in [0.29, 0.717) is 18.6 Å². The Kier molecular flexibility index (Phi) is 3.73. The standard InChI is InChI=1S/C11H14N4O3/c16-7-3-5-12-10(17)8-15-11(18)14-6-2-1-4-9(14)13-15/h1-2,4,6,16H,3,5,7-8H2,(H,12,17). The first-order valence-corrected chi connectivity index (χ1v) is 5.64. The Morgan fingerprint density at radius 2 is 2.28 bits per heavy atom. The molecule has 2 rings (SSSR count). The lowest BCUT2D eigenvalue weighted by atomic mass is 10.4. The van der Waals surface area contributed by atoms with Crippen molar-refractivity contribution in [2.45, 2.75) is 13.0 Å². The number of rotatable bonds is 5. The molecule has 2 N–H and O–H groups in total. The van der Waals surface area contributed by atoms with Crippen LogP contribution in [0.25, 0.3) is 5.65 Å². The van der Waals surface area contributed by atoms with E-state index in [0.717, 1.165) is 4.68 Å². The molecule has 96 valence electrons. The Bertz CT molecular complexity index is 602. The lowest BCUT2D eigenvalue weighted by Gasteiger charge is -2.02. The van der Waals surface area contributed by atoms with E-state index >= 15 is 0 Å². The fourth-order valence-corrected chi connectivity index (χ4v) is 1.57. The summed E-state index contributed by atoms with van der Waals surface area (Å²) in [5.41, 5.74) is 0.161. The largest absolute Gasteiger partial charge is 0.396 e. The minimum atomic E-state index is -0.345. The molecule has 1 amide bonds. The van der Waals surface area contributed by atoms with Crippen LogP contribution < -0.4 is 11.0 Å². The van der Waals surface area contributed by atoms with Crippen LogP contribution in [0.15, 0.2) is 29.2 Å². The summed E-state index contributed by atoms with van der Waals surface area (Å²) in [4.78, 5) is 23.4. The van der Waals surface area contributed by atoms with Gasteiger partial charge >= 0.3 is 5.69 Å². The summed E-state index contributed by atoms with van der Waals surface area (Å²) in [6.45, 7) is 0.290. The Labute approximate surface area is 103 Å². The number of aliphatic hydroxyl groups is 1. The highest BCUT2D eigenvalue weighted by molar-refractivity contribution is 5.75. The van der Waals surface area contributed by atoms with E-state index in [-0.39, 0.29) is 24.7 Å². The van der Waals surface area contributed by atoms with Gasteiger partial charge in [-0.3, -0.25) is 9.20 Å². The molecule has 0 spiro atoms. The maximum absolute atomic E-state index is 11.8. The highest BCUT2D eigenvalue weighted by Gasteiger charge is 2.09. The minimum Gasteiger partial charge on any atom is -0.396 e. The van der Waals surface area contributed by atoms with Gasteiger partial charge < -0.3 is 10.4 Å². The number of aromatic nitrogens is 3. The molecule has 2 heterocycles. The smallest absolute Gasteiger partial charge is 0.350 e. The summed E-state index contributed by atoms with van der Waals surface area (Å²) in [6.07, 6.45) is 2.09. The fourth-order valence-electron chi connectivity index (χ4n) is 1.57. The Morgan fingerprint density at radius 3 is 3.00 bits per heavy atom. The predicted molar refractivity (Wildman–Crippen MR) is 64.2 cm³/mol. The highest BCUT2D eigenvalue weighted by Crippen LogP contribution is 1.94. The summed E-state index contributed by atoms with van der Waals surface area (Å²) in [6, 6.07) is 5.19. The van der Waals surface area contributed by atoms with Crippen LogP contribution in [0.3, 0.4) is 0 Å². The van der Waals surface area contributed by atoms with Crippen molar-refractivity contribution >= 4 is 11.6 Å². The van der Waals surface area contributed by atoms with Crippen LogP contribution >= 0.6 is 0 Å². The van der Waals surface area contributed by atoms with Crippen LogP contribution in [0, 0.1) is 0 Å². The van der Waals surface area contributed by atoms with Crippen molar-refractivity contribution in [2.24, 2.45) is 0 Å². The van der Waals surface area contributed by atoms with Gasteiger partial charge in [0.15, 0.2) is 5.65 Å². The van der Waals surface area contributed by atoms with E-state index in [9.17, 15) is 9.59 Å². The zero-order valence-electron chi connectivity index (χ0n) is 9.74. The van der Waals surface area contributed by atoms with Crippen LogP contribution in [-0.4, -0.2) is 38.3 Å². The Morgan fingerprint density at radius 1 is 1.44 bits per heavy atom. The minimum absolute atomic E-state index is 0.0224. The maximum Gasteiger partial charge on any atom is 0.350 e. The Hall–Kier alpha value is -2.15. The van der Waals surface area contributed by atoms with Crippen LogP contribution in [-0.2, 0) is 11.3 Å². The summed E-state index contributed by atoms with van der Waals surface area (Å²) < 4.78 is 2.49. The first kappa shape index (κ1) is 12.3. The second-order valence-corrected chi connectivity index (χ2v) is 3.80. The predicted octanol–water partition coefficient (Wildman–Crippen LogP) is -1.01. The van der Waals surface area contributed by atoms with E-state index < -0.39 is 0 Å². The number of carbonyl (C=O) groups excluding carboxylic acids is 1. The molecule has 7 heteroatoms. The van der Waals surface area contributed by atoms with Gasteiger partial charge in [-0.2, -0.15) is 0 Å². The molecule has 18 heavy (non-hydrogen) atoms. The third-order valence-electron chi connectivity index (χ3n) is 2.44. The quantitative estimate of drug-likeness (QED) is 0.666. The molecule has 2 aromatic rings. The first-order valence-electron chi connectivity index (χ1n) is 5.64. The van der Waals surface area contributed by atoms with E-state index in [2.05, 4.69) is 10.4 Å². The van der Waals surface area contributed by atoms with Gasteiger partial charge in [-0.1, -0.05) is 6.07 Å². The molecule has 0 saturated carbocycles. The molecular weight excluding hydrogens is 236 g/mol. The van der Waals surface area contributed by atoms with Crippen molar-refractivity contribution in [2.75, 3.05) is 13.2 Å². The molecule has 0 fully saturated rings. The number of amides is 1. The molecule has 0 atom stereocenters. The average Bonchev–Trinajstić information content (AvgIpc) is 2.67. The zero-order valence-corrected chi connectivity index (χ0v) is 9.74. The molecule has 0 unspecified atom stereocenters. The van der Waals surface area contributed by atoms with Crippen molar-refractivity contribution in [1.82, 2.24) is 19.5 Å². The molecule has 0 aliphatic heterocycles. The molecule has 2 aromatic heterocycles. The number of hydrogen-bond acceptors (Lipinski definition) is 4. The SMILES string of the molecule is O=C(Cn1nc2ccccn2c1=O)NCCCO. The van der Waals surface area contributed by atoms with Crippen molar-refractivity contribution < 1.29 is 9.90 Å². The fraction of sp³-hybridized carbons (Fsp3) is 0.364. The number of pyridine rings is 1. The van der Waals surface area contributed by atoms with Gasteiger partial charge in [-0.15, -0.1) is 5.10 Å². The first-order chi connectivity index (χ1) is 8.72. The molecule has 7 nitrogen and oxygen atoms in total. The van der Waals surface area contributed by atoms with Gasteiger partial charge in [-0.25, -0.2) is 9.48 Å². The normalized spacial score (nSPS) is 10.7. The lowest BCUT2D eigenvalue weighted by molar-refractivity contribution is -0.121. The molecule has 0 bridgehead atoms. The van der Waals surface area contributed by atoms with Crippen LogP contribution in [0.2, 0.25) is 0 Å². The molecular formula is C11H14N4O3. The number of hydrogen-bond donors (Lipinski definition) is 2. The van der Waals surface area contributed by atoms with Crippen LogP contribution in [0.1, 0.15) is 6.42 Å². The van der Waals surface area contributed by atoms with Crippen molar-refractivity contribution in [1.29, 1.82) is 0 Å². The summed E-state index contributed by atoms with van der Waals surface area (Å²) in [7, 11) is 0. The van der Waals surface area contributed by atoms with E-state index in [1.165, 1.54) is 4.40 Å². The summed E-state index contributed by atoms with van der Waals surface area (Å²) in [5.74, 6) is -0.297. The number of carbonyl (C=O) groups is 1. The van der Waals surface area contributed by atoms with Crippen molar-refractivity contribution in [3.05, 3.63) is 34.9 Å². The van der Waals surface area contributed by atoms with E-state index in [4.69, 9.17) is 5.11 Å². The van der Waals surface area contributed by atoms with Gasteiger partial charge in [0.2, 0.25) is 5.91 Å². The molecule has 0 radical (unpaired) electrons. The molecule has 0 aromatic carbocycles. The topological polar surface area (TPSA) is 88.6 Å². The number of nitrogens with one attached hydrogen (secondary N) is 1. The Balaban J connectivity index is 2.10. The van der Waals surface area contributed by atoms with E-state index in [1.54, 1.807) is 24.4 Å². The molecule has 0 aliphatic carbocycles. The van der Waals surface area contributed by atoms with Gasteiger partial charge in [-0.05, 0) is 18.6 Å². The molecule has 0 saturated heterocycles. The average molecular weight is 250 g/mol. The third-order valence-corrected chi connectivity index (χ3v) is 2.44. The molecule has 0 aliphatic rings. The maximum atomic E-state index is 11.8. The van der Waals surface area contributed by atoms with Gasteiger partial charge in [0, 0.05) is 19.3 Å². The van der Waals surface area contributed by atoms with Crippen molar-refractivity contribution in [3.63, 3.8) is 0 Å². The van der Waals surface area contributed by atoms with Gasteiger partial charge in [0.1, 0.15) is 6.54 Å². The monoisotopic (exact) mass is 250 g/mol. The number of aliphatic hydroxyl groups excluding tert-OH is 1. The van der Waals surface area contributed by atoms with Crippen molar-refractivity contribution in [3.8, 4) is 0 Å². The highest BCUT2D eigenvalue weighted by atomic mass is 16.3. The zero-order chi connectivity index (χ0) is 13.0. The number of fused-ring (bicyclic) bond motifs is 1. The van der Waals surface area contributed by atoms with E-state index in [1.807, 2.05) is 0 Å². The number of nitrogens with zero attached hydrogens (tertiary/aromatic N) is 3. The van der Waals surface area contributed by atoms with Gasteiger partial charge in [0.05, 0.1) is 0 Å². The van der Waals surface area contributed by atoms with Crippen LogP contribution in [0.4, 0.5) is 0 Å². The second-order valence-electron chi connectivity index (χ2n) is 3.80. The summed E-state index contributed by atoms with van der Waals surface area (Å²) in [5, 5.41) is 15.2. The lowest BCUT2D eigenvalue weighted by Crippen LogP contribution is -2.33. The summed E-state index contributed by atoms with van der Waals surface area (Å²) >= 11 is 0. The third kappa shape index (κ3) is 2.57.